The minimum atomic E-state index is -3.73. The Morgan fingerprint density at radius 1 is 0.974 bits per heavy atom. The summed E-state index contributed by atoms with van der Waals surface area (Å²) in [5, 5.41) is 29.2. The number of thiazole rings is 1. The molecule has 402 valence electrons. The van der Waals surface area contributed by atoms with Crippen molar-refractivity contribution in [3.63, 3.8) is 0 Å². The van der Waals surface area contributed by atoms with Crippen molar-refractivity contribution in [2.24, 2.45) is 11.1 Å². The molecule has 1 aliphatic heterocycles. The number of aromatic amines is 1. The van der Waals surface area contributed by atoms with E-state index in [1.807, 2.05) is 52.0 Å². The number of nitrogens with one attached hydrogen (secondary N) is 6. The number of carbonyl (C=O) groups excluding carboxylic acids is 5. The van der Waals surface area contributed by atoms with E-state index >= 15 is 0 Å². The van der Waals surface area contributed by atoms with Gasteiger partial charge in [0.2, 0.25) is 27.7 Å². The molecular weight excluding hydrogens is 1020 g/mol. The van der Waals surface area contributed by atoms with Crippen LogP contribution in [0.15, 0.2) is 90.6 Å². The first-order chi connectivity index (χ1) is 36.1. The van der Waals surface area contributed by atoms with Gasteiger partial charge in [-0.05, 0) is 92.1 Å². The van der Waals surface area contributed by atoms with Crippen LogP contribution in [0, 0.1) is 18.2 Å². The van der Waals surface area contributed by atoms with Crippen LogP contribution in [0.5, 0.6) is 5.75 Å². The number of aryl methyl sites for hydroxylation is 1. The van der Waals surface area contributed by atoms with Crippen LogP contribution in [0.3, 0.4) is 0 Å². The molecule has 4 atom stereocenters. The third-order valence-corrected chi connectivity index (χ3v) is 14.9. The number of unbranched alkanes of at least 4 members (excludes halogenated alkanes) is 1. The number of hydrogen-bond donors (Lipinski definition) is 8. The number of primary amides is 1. The van der Waals surface area contributed by atoms with Crippen LogP contribution in [-0.2, 0) is 31.0 Å². The van der Waals surface area contributed by atoms with Crippen LogP contribution >= 0.6 is 11.3 Å². The fourth-order valence-corrected chi connectivity index (χ4v) is 9.88. The monoisotopic (exact) mass is 1080 g/mol. The van der Waals surface area contributed by atoms with Gasteiger partial charge in [-0.3, -0.25) is 33.8 Å². The standard InChI is InChI=1S/C53H62FN11O9S2/c1-7-76(72,73)64-39-21-17-35(24-41(39)74-31(3)33-15-19-37(54)20-16-33)45-44(48(55)68)49(63-62-45)60-42-22-18-36(27-57-42)50(69)56-23-9-8-10-43(67)61-47(53(4,5)6)52(71)65-28-38(66)25-40(65)51(70)58-26-32-11-13-34(14-12-32)46-30(2)59-29-75-46/h11-22,24,27,29,31,38,40,47,64,66H,7-10,23,25-26,28H2,1-6H3,(H2,55,68)(H,56,69)(H,58,70)(H,61,67)(H2,57,60,62,63)/t31-,38+,40-,47+/m1/s1. The number of halogens is 1. The summed E-state index contributed by atoms with van der Waals surface area (Å²) >= 11 is 1.55. The molecule has 0 aliphatic carbocycles. The molecule has 3 aromatic heterocycles. The summed E-state index contributed by atoms with van der Waals surface area (Å²) in [6.45, 7) is 11.0. The van der Waals surface area contributed by atoms with E-state index in [2.05, 4.69) is 46.2 Å². The van der Waals surface area contributed by atoms with E-state index in [4.69, 9.17) is 10.5 Å². The van der Waals surface area contributed by atoms with Crippen molar-refractivity contribution < 1.29 is 46.6 Å². The molecule has 76 heavy (non-hydrogen) atoms. The molecule has 1 aliphatic rings. The molecule has 0 bridgehead atoms. The zero-order valence-corrected chi connectivity index (χ0v) is 44.5. The average Bonchev–Trinajstić information content (AvgIpc) is 4.13. The summed E-state index contributed by atoms with van der Waals surface area (Å²) in [5.41, 5.74) is 11.1. The molecule has 1 fully saturated rings. The summed E-state index contributed by atoms with van der Waals surface area (Å²) < 4.78 is 47.4. The lowest BCUT2D eigenvalue weighted by molar-refractivity contribution is -0.144. The van der Waals surface area contributed by atoms with Gasteiger partial charge >= 0.3 is 0 Å². The third-order valence-electron chi connectivity index (χ3n) is 12.7. The average molecular weight is 1080 g/mol. The van der Waals surface area contributed by atoms with Crippen molar-refractivity contribution in [1.82, 2.24) is 41.0 Å². The Kier molecular flexibility index (Phi) is 17.9. The number of pyridine rings is 1. The predicted octanol–water partition coefficient (Wildman–Crippen LogP) is 6.50. The van der Waals surface area contributed by atoms with Gasteiger partial charge in [-0.25, -0.2) is 22.8 Å². The number of sulfonamides is 1. The Balaban J connectivity index is 0.898. The molecule has 5 amide bonds. The summed E-state index contributed by atoms with van der Waals surface area (Å²) in [6.07, 6.45) is 0.718. The van der Waals surface area contributed by atoms with Crippen LogP contribution in [0.1, 0.15) is 104 Å². The van der Waals surface area contributed by atoms with Crippen molar-refractivity contribution in [2.75, 3.05) is 28.9 Å². The SMILES string of the molecule is CCS(=O)(=O)Nc1ccc(-c2n[nH]c(Nc3ccc(C(=O)NCCCCC(=O)N[C@@H](C(=O)N4C[C@@H](O)C[C@@H]4C(=O)NCc4ccc(-c5scnc5C)cc4)C(C)(C)C)cn3)c2C(N)=O)cc1O[C@H](C)c1ccc(F)cc1. The highest BCUT2D eigenvalue weighted by molar-refractivity contribution is 7.92. The van der Waals surface area contributed by atoms with E-state index in [1.54, 1.807) is 35.9 Å². The van der Waals surface area contributed by atoms with Crippen molar-refractivity contribution in [3.8, 4) is 27.4 Å². The number of nitrogens with zero attached hydrogens (tertiary/aromatic N) is 4. The van der Waals surface area contributed by atoms with E-state index in [0.717, 1.165) is 21.7 Å². The van der Waals surface area contributed by atoms with E-state index in [9.17, 15) is 41.9 Å². The lowest BCUT2D eigenvalue weighted by Crippen LogP contribution is -2.57. The second kappa shape index (κ2) is 24.3. The topological polar surface area (TPSA) is 293 Å². The number of hydrogen-bond acceptors (Lipinski definition) is 14. The Morgan fingerprint density at radius 2 is 1.70 bits per heavy atom. The lowest BCUT2D eigenvalue weighted by atomic mass is 9.85. The van der Waals surface area contributed by atoms with E-state index in [1.165, 1.54) is 60.5 Å². The Bertz CT molecular complexity index is 3160. The van der Waals surface area contributed by atoms with Gasteiger partial charge in [0.25, 0.3) is 11.8 Å². The molecule has 0 unspecified atom stereocenters. The second-order valence-corrected chi connectivity index (χ2v) is 22.3. The number of nitrogens with two attached hydrogens (primary N) is 1. The molecule has 0 radical (unpaired) electrons. The predicted molar refractivity (Wildman–Crippen MR) is 286 cm³/mol. The number of rotatable bonds is 22. The van der Waals surface area contributed by atoms with Crippen molar-refractivity contribution in [3.05, 3.63) is 124 Å². The number of aliphatic hydroxyl groups is 1. The largest absolute Gasteiger partial charge is 0.484 e. The fourth-order valence-electron chi connectivity index (χ4n) is 8.42. The van der Waals surface area contributed by atoms with E-state index in [-0.39, 0.29) is 84.0 Å². The molecule has 7 rings (SSSR count). The van der Waals surface area contributed by atoms with Gasteiger partial charge in [-0.2, -0.15) is 5.10 Å². The minimum Gasteiger partial charge on any atom is -0.484 e. The number of benzene rings is 3. The Hall–Kier alpha value is -7.76. The molecule has 1 saturated heterocycles. The Labute approximate surface area is 443 Å². The number of aliphatic hydroxyl groups excluding tert-OH is 1. The molecule has 4 heterocycles. The number of amides is 5. The minimum absolute atomic E-state index is 0.0470. The molecular formula is C53H62FN11O9S2. The second-order valence-electron chi connectivity index (χ2n) is 19.4. The van der Waals surface area contributed by atoms with Crippen LogP contribution in [0.4, 0.5) is 21.7 Å². The number of β-amino-alcohol motifs (C(OH)–C–C–N with tert-alkyl or cyclic N) is 1. The fraction of sp³-hybridized carbons (Fsp3) is 0.358. The van der Waals surface area contributed by atoms with Crippen LogP contribution < -0.4 is 36.5 Å². The van der Waals surface area contributed by atoms with Crippen molar-refractivity contribution >= 4 is 68.2 Å². The zero-order chi connectivity index (χ0) is 54.9. The quantitative estimate of drug-likeness (QED) is 0.0338. The highest BCUT2D eigenvalue weighted by Gasteiger charge is 2.44. The number of carbonyl (C=O) groups is 5. The first-order valence-electron chi connectivity index (χ1n) is 24.6. The summed E-state index contributed by atoms with van der Waals surface area (Å²) in [7, 11) is -3.73. The number of ether oxygens (including phenoxy) is 1. The summed E-state index contributed by atoms with van der Waals surface area (Å²) in [4.78, 5) is 77.8. The van der Waals surface area contributed by atoms with Gasteiger partial charge in [0, 0.05) is 44.2 Å². The van der Waals surface area contributed by atoms with Crippen molar-refractivity contribution in [2.45, 2.75) is 98.1 Å². The maximum atomic E-state index is 14.1. The highest BCUT2D eigenvalue weighted by atomic mass is 32.2. The molecule has 20 nitrogen and oxygen atoms in total. The van der Waals surface area contributed by atoms with E-state index < -0.39 is 69.2 Å². The smallest absolute Gasteiger partial charge is 0.254 e. The normalized spacial score (nSPS) is 15.3. The van der Waals surface area contributed by atoms with Gasteiger partial charge in [0.05, 0.1) is 39.2 Å². The zero-order valence-electron chi connectivity index (χ0n) is 42.9. The number of aromatic nitrogens is 4. The van der Waals surface area contributed by atoms with Gasteiger partial charge in [-0.1, -0.05) is 63.2 Å². The summed E-state index contributed by atoms with van der Waals surface area (Å²) in [6, 6.07) is 19.1. The maximum absolute atomic E-state index is 14.1. The first-order valence-corrected chi connectivity index (χ1v) is 27.1. The molecule has 6 aromatic rings. The third kappa shape index (κ3) is 14.1. The Morgan fingerprint density at radius 3 is 2.34 bits per heavy atom. The van der Waals surface area contributed by atoms with Gasteiger partial charge in [0.1, 0.15) is 52.6 Å². The van der Waals surface area contributed by atoms with Gasteiger partial charge < -0.3 is 41.7 Å². The molecule has 0 spiro atoms. The first kappa shape index (κ1) is 56.0. The molecule has 3 aromatic carbocycles. The van der Waals surface area contributed by atoms with Gasteiger partial charge in [0.15, 0.2) is 0 Å². The van der Waals surface area contributed by atoms with Gasteiger partial charge in [-0.15, -0.1) is 11.3 Å². The van der Waals surface area contributed by atoms with Crippen molar-refractivity contribution in [1.29, 1.82) is 0 Å². The van der Waals surface area contributed by atoms with Crippen LogP contribution in [0.25, 0.3) is 21.7 Å². The summed E-state index contributed by atoms with van der Waals surface area (Å²) in [5.74, 6) is -2.74. The van der Waals surface area contributed by atoms with Crippen LogP contribution in [-0.4, -0.2) is 105 Å². The molecule has 9 N–H and O–H groups in total. The highest BCUT2D eigenvalue weighted by Crippen LogP contribution is 2.37. The molecule has 23 heteroatoms. The number of H-pyrrole nitrogens is 1. The maximum Gasteiger partial charge on any atom is 0.254 e. The lowest BCUT2D eigenvalue weighted by Gasteiger charge is -2.35. The van der Waals surface area contributed by atoms with Crippen LogP contribution in [0.2, 0.25) is 0 Å². The number of likely N-dealkylation sites (tertiary alicyclic amines) is 1. The molecule has 0 saturated carbocycles. The van der Waals surface area contributed by atoms with E-state index in [0.29, 0.717) is 24.0 Å². The number of anilines is 3.